The molecule has 1 aliphatic carbocycles. The number of ether oxygens (including phenoxy) is 1. The van der Waals surface area contributed by atoms with Gasteiger partial charge in [0, 0.05) is 6.42 Å². The lowest BCUT2D eigenvalue weighted by atomic mass is 9.81. The summed E-state index contributed by atoms with van der Waals surface area (Å²) >= 11 is 0. The Morgan fingerprint density at radius 1 is 1.47 bits per heavy atom. The van der Waals surface area contributed by atoms with Crippen molar-refractivity contribution in [2.45, 2.75) is 24.9 Å². The highest BCUT2D eigenvalue weighted by atomic mass is 16.5. The zero-order valence-electron chi connectivity index (χ0n) is 8.66. The standard InChI is InChI=1S/C12H13NO2/c1-15-11-3-2-9-4-5-12(14,8-13)7-10(9)6-11/h2-3,6,14H,4-5,7H2,1H3. The van der Waals surface area contributed by atoms with Gasteiger partial charge in [-0.3, -0.25) is 0 Å². The molecule has 3 heteroatoms. The first-order chi connectivity index (χ1) is 7.17. The Hall–Kier alpha value is -1.53. The molecule has 0 aliphatic heterocycles. The molecule has 78 valence electrons. The van der Waals surface area contributed by atoms with Crippen LogP contribution in [0.2, 0.25) is 0 Å². The van der Waals surface area contributed by atoms with Gasteiger partial charge in [0.2, 0.25) is 0 Å². The average Bonchev–Trinajstić information content (AvgIpc) is 2.28. The Balaban J connectivity index is 2.36. The lowest BCUT2D eigenvalue weighted by Crippen LogP contribution is -2.33. The minimum absolute atomic E-state index is 0.399. The molecular weight excluding hydrogens is 190 g/mol. The predicted octanol–water partition coefficient (Wildman–Crippen LogP) is 1.44. The molecule has 3 nitrogen and oxygen atoms in total. The van der Waals surface area contributed by atoms with E-state index in [4.69, 9.17) is 10.00 Å². The molecule has 1 aromatic rings. The van der Waals surface area contributed by atoms with Gasteiger partial charge in [-0.05, 0) is 36.1 Å². The van der Waals surface area contributed by atoms with Crippen LogP contribution < -0.4 is 4.74 Å². The van der Waals surface area contributed by atoms with Gasteiger partial charge in [0.25, 0.3) is 0 Å². The molecule has 1 atom stereocenters. The van der Waals surface area contributed by atoms with Gasteiger partial charge in [0.15, 0.2) is 5.60 Å². The van der Waals surface area contributed by atoms with E-state index in [0.717, 1.165) is 17.7 Å². The van der Waals surface area contributed by atoms with Crippen molar-refractivity contribution in [3.8, 4) is 11.8 Å². The molecule has 0 bridgehead atoms. The van der Waals surface area contributed by atoms with Crippen LogP contribution in [0.4, 0.5) is 0 Å². The second kappa shape index (κ2) is 3.56. The molecule has 1 aliphatic rings. The maximum absolute atomic E-state index is 9.89. The second-order valence-corrected chi connectivity index (χ2v) is 3.95. The second-order valence-electron chi connectivity index (χ2n) is 3.95. The van der Waals surface area contributed by atoms with E-state index in [1.807, 2.05) is 24.3 Å². The minimum Gasteiger partial charge on any atom is -0.497 e. The molecule has 2 rings (SSSR count). The van der Waals surface area contributed by atoms with Gasteiger partial charge < -0.3 is 9.84 Å². The fourth-order valence-corrected chi connectivity index (χ4v) is 1.98. The van der Waals surface area contributed by atoms with E-state index in [9.17, 15) is 5.11 Å². The molecule has 0 spiro atoms. The molecule has 0 heterocycles. The van der Waals surface area contributed by atoms with Crippen molar-refractivity contribution in [2.24, 2.45) is 0 Å². The highest BCUT2D eigenvalue weighted by molar-refractivity contribution is 5.39. The van der Waals surface area contributed by atoms with E-state index < -0.39 is 5.60 Å². The molecule has 0 saturated heterocycles. The van der Waals surface area contributed by atoms with E-state index >= 15 is 0 Å². The normalized spacial score (nSPS) is 24.1. The highest BCUT2D eigenvalue weighted by Gasteiger charge is 2.31. The van der Waals surface area contributed by atoms with E-state index in [-0.39, 0.29) is 0 Å². The first kappa shape index (κ1) is 10.0. The first-order valence-electron chi connectivity index (χ1n) is 4.96. The molecule has 1 N–H and O–H groups in total. The van der Waals surface area contributed by atoms with E-state index in [1.165, 1.54) is 5.56 Å². The quantitative estimate of drug-likeness (QED) is 0.702. The molecule has 1 aromatic carbocycles. The summed E-state index contributed by atoms with van der Waals surface area (Å²) in [6.07, 6.45) is 1.67. The molecule has 0 aromatic heterocycles. The number of aryl methyl sites for hydroxylation is 1. The lowest BCUT2D eigenvalue weighted by Gasteiger charge is -2.27. The maximum Gasteiger partial charge on any atom is 0.155 e. The fourth-order valence-electron chi connectivity index (χ4n) is 1.98. The summed E-state index contributed by atoms with van der Waals surface area (Å²) in [5.41, 5.74) is 1.03. The van der Waals surface area contributed by atoms with Crippen molar-refractivity contribution in [1.29, 1.82) is 5.26 Å². The number of benzene rings is 1. The largest absolute Gasteiger partial charge is 0.497 e. The van der Waals surface area contributed by atoms with Gasteiger partial charge in [-0.2, -0.15) is 5.26 Å². The first-order valence-corrected chi connectivity index (χ1v) is 4.96. The molecule has 0 radical (unpaired) electrons. The Kier molecular flexibility index (Phi) is 2.37. The third-order valence-electron chi connectivity index (χ3n) is 2.91. The van der Waals surface area contributed by atoms with Crippen molar-refractivity contribution >= 4 is 0 Å². The number of nitriles is 1. The highest BCUT2D eigenvalue weighted by Crippen LogP contribution is 2.30. The van der Waals surface area contributed by atoms with Crippen LogP contribution in [0.1, 0.15) is 17.5 Å². The predicted molar refractivity (Wildman–Crippen MR) is 55.6 cm³/mol. The third kappa shape index (κ3) is 1.81. The van der Waals surface area contributed by atoms with Crippen LogP contribution in [-0.4, -0.2) is 17.8 Å². The number of aliphatic hydroxyl groups is 1. The summed E-state index contributed by atoms with van der Waals surface area (Å²) in [4.78, 5) is 0. The van der Waals surface area contributed by atoms with Gasteiger partial charge in [0.05, 0.1) is 13.2 Å². The zero-order chi connectivity index (χ0) is 10.9. The van der Waals surface area contributed by atoms with Gasteiger partial charge in [0.1, 0.15) is 5.75 Å². The summed E-state index contributed by atoms with van der Waals surface area (Å²) in [7, 11) is 1.61. The van der Waals surface area contributed by atoms with Crippen LogP contribution in [0.3, 0.4) is 0 Å². The average molecular weight is 203 g/mol. The minimum atomic E-state index is -1.20. The molecule has 15 heavy (non-hydrogen) atoms. The number of hydrogen-bond acceptors (Lipinski definition) is 3. The SMILES string of the molecule is COc1ccc2c(c1)CC(O)(C#N)CC2. The summed E-state index contributed by atoms with van der Waals surface area (Å²) in [5.74, 6) is 0.774. The van der Waals surface area contributed by atoms with Crippen molar-refractivity contribution in [3.63, 3.8) is 0 Å². The number of fused-ring (bicyclic) bond motifs is 1. The van der Waals surface area contributed by atoms with Crippen LogP contribution in [0.15, 0.2) is 18.2 Å². The van der Waals surface area contributed by atoms with E-state index in [1.54, 1.807) is 7.11 Å². The topological polar surface area (TPSA) is 53.2 Å². The molecule has 0 fully saturated rings. The van der Waals surface area contributed by atoms with Crippen molar-refractivity contribution < 1.29 is 9.84 Å². The Labute approximate surface area is 88.9 Å². The van der Waals surface area contributed by atoms with E-state index in [0.29, 0.717) is 12.8 Å². The summed E-state index contributed by atoms with van der Waals surface area (Å²) < 4.78 is 5.12. The molecule has 0 saturated carbocycles. The number of methoxy groups -OCH3 is 1. The lowest BCUT2D eigenvalue weighted by molar-refractivity contribution is 0.0839. The number of hydrogen-bond donors (Lipinski definition) is 1. The van der Waals surface area contributed by atoms with Crippen LogP contribution >= 0.6 is 0 Å². The van der Waals surface area contributed by atoms with Crippen LogP contribution in [0.5, 0.6) is 5.75 Å². The summed E-state index contributed by atoms with van der Waals surface area (Å²) in [6, 6.07) is 7.79. The Bertz CT molecular complexity index is 422. The zero-order valence-corrected chi connectivity index (χ0v) is 8.66. The van der Waals surface area contributed by atoms with Crippen LogP contribution in [0.25, 0.3) is 0 Å². The Morgan fingerprint density at radius 2 is 2.27 bits per heavy atom. The van der Waals surface area contributed by atoms with E-state index in [2.05, 4.69) is 0 Å². The van der Waals surface area contributed by atoms with Crippen LogP contribution in [0, 0.1) is 11.3 Å². The fraction of sp³-hybridized carbons (Fsp3) is 0.417. The number of rotatable bonds is 1. The number of nitrogens with zero attached hydrogens (tertiary/aromatic N) is 1. The van der Waals surface area contributed by atoms with Gasteiger partial charge in [-0.25, -0.2) is 0 Å². The van der Waals surface area contributed by atoms with Crippen molar-refractivity contribution in [3.05, 3.63) is 29.3 Å². The van der Waals surface area contributed by atoms with Crippen molar-refractivity contribution in [2.75, 3.05) is 7.11 Å². The smallest absolute Gasteiger partial charge is 0.155 e. The summed E-state index contributed by atoms with van der Waals surface area (Å²) in [6.45, 7) is 0. The van der Waals surface area contributed by atoms with Gasteiger partial charge in [-0.15, -0.1) is 0 Å². The van der Waals surface area contributed by atoms with Crippen LogP contribution in [-0.2, 0) is 12.8 Å². The maximum atomic E-state index is 9.89. The van der Waals surface area contributed by atoms with Gasteiger partial charge in [-0.1, -0.05) is 6.07 Å². The molecule has 1 unspecified atom stereocenters. The van der Waals surface area contributed by atoms with Gasteiger partial charge >= 0.3 is 0 Å². The van der Waals surface area contributed by atoms with Crippen molar-refractivity contribution in [1.82, 2.24) is 0 Å². The molecular formula is C12H13NO2. The Morgan fingerprint density at radius 3 is 2.93 bits per heavy atom. The third-order valence-corrected chi connectivity index (χ3v) is 2.91. The molecule has 0 amide bonds. The summed E-state index contributed by atoms with van der Waals surface area (Å²) in [5, 5.41) is 18.8. The monoisotopic (exact) mass is 203 g/mol.